The highest BCUT2D eigenvalue weighted by atomic mass is 35.5. The molecule has 10 heteroatoms. The van der Waals surface area contributed by atoms with Crippen LogP contribution in [0, 0.1) is 6.92 Å². The molecule has 0 saturated carbocycles. The van der Waals surface area contributed by atoms with E-state index in [4.69, 9.17) is 16.6 Å². The number of rotatable bonds is 9. The van der Waals surface area contributed by atoms with Gasteiger partial charge in [-0.15, -0.1) is 0 Å². The number of piperazine rings is 1. The number of benzene rings is 3. The fraction of sp³-hybridized carbons (Fsp3) is 0.273. The highest BCUT2D eigenvalue weighted by Crippen LogP contribution is 2.25. The average molecular weight is 615 g/mol. The van der Waals surface area contributed by atoms with Crippen LogP contribution in [0.15, 0.2) is 96.2 Å². The van der Waals surface area contributed by atoms with Gasteiger partial charge in [-0.05, 0) is 49.1 Å². The van der Waals surface area contributed by atoms with Crippen LogP contribution in [0.5, 0.6) is 0 Å². The molecule has 8 nitrogen and oxygen atoms in total. The van der Waals surface area contributed by atoms with Gasteiger partial charge in [0, 0.05) is 37.4 Å². The molecule has 3 aromatic carbocycles. The van der Waals surface area contributed by atoms with Crippen molar-refractivity contribution in [2.24, 2.45) is 0 Å². The normalized spacial score (nSPS) is 15.6. The van der Waals surface area contributed by atoms with Crippen molar-refractivity contribution in [3.63, 3.8) is 0 Å². The quantitative estimate of drug-likeness (QED) is 0.129. The van der Waals surface area contributed by atoms with Gasteiger partial charge in [-0.1, -0.05) is 96.2 Å². The lowest BCUT2D eigenvalue weighted by atomic mass is 9.99. The number of aromatic nitrogens is 2. The largest absolute Gasteiger partial charge is 0.353 e. The van der Waals surface area contributed by atoms with Crippen molar-refractivity contribution in [3.05, 3.63) is 113 Å². The van der Waals surface area contributed by atoms with E-state index in [1.54, 1.807) is 6.07 Å². The van der Waals surface area contributed by atoms with Crippen LogP contribution in [0.4, 0.5) is 16.3 Å². The lowest BCUT2D eigenvalue weighted by molar-refractivity contribution is -0.119. The maximum Gasteiger partial charge on any atom is 0.322 e. The highest BCUT2D eigenvalue weighted by Gasteiger charge is 2.29. The van der Waals surface area contributed by atoms with Gasteiger partial charge >= 0.3 is 6.03 Å². The number of thioether (sulfide) groups is 1. The van der Waals surface area contributed by atoms with Crippen LogP contribution >= 0.6 is 23.4 Å². The van der Waals surface area contributed by atoms with Crippen molar-refractivity contribution in [1.82, 2.24) is 20.2 Å². The number of hydrogen-bond acceptors (Lipinski definition) is 6. The topological polar surface area (TPSA) is 90.5 Å². The van der Waals surface area contributed by atoms with Gasteiger partial charge in [0.25, 0.3) is 0 Å². The summed E-state index contributed by atoms with van der Waals surface area (Å²) in [7, 11) is 0. The Morgan fingerprint density at radius 1 is 0.977 bits per heavy atom. The molecule has 0 bridgehead atoms. The molecule has 0 aliphatic carbocycles. The molecule has 1 saturated heterocycles. The predicted molar refractivity (Wildman–Crippen MR) is 174 cm³/mol. The first-order valence-corrected chi connectivity index (χ1v) is 15.7. The summed E-state index contributed by atoms with van der Waals surface area (Å²) in [4.78, 5) is 39.1. The predicted octanol–water partition coefficient (Wildman–Crippen LogP) is 6.37. The SMILES string of the molecule is Cc1cccc(NC(=O)N2CCN(c3cc(Cl)nc(SCC(=O)NC(Cc4ccccc4)c4ccccc4)n3)CC2C)c1. The van der Waals surface area contributed by atoms with Crippen LogP contribution < -0.4 is 15.5 Å². The van der Waals surface area contributed by atoms with Crippen molar-refractivity contribution in [2.45, 2.75) is 37.5 Å². The van der Waals surface area contributed by atoms with Crippen molar-refractivity contribution in [2.75, 3.05) is 35.6 Å². The molecule has 5 rings (SSSR count). The lowest BCUT2D eigenvalue weighted by Crippen LogP contribution is -2.55. The summed E-state index contributed by atoms with van der Waals surface area (Å²) in [6.07, 6.45) is 0.687. The summed E-state index contributed by atoms with van der Waals surface area (Å²) >= 11 is 7.64. The lowest BCUT2D eigenvalue weighted by Gasteiger charge is -2.40. The van der Waals surface area contributed by atoms with Crippen molar-refractivity contribution in [3.8, 4) is 0 Å². The van der Waals surface area contributed by atoms with Crippen LogP contribution in [0.25, 0.3) is 0 Å². The molecule has 0 spiro atoms. The summed E-state index contributed by atoms with van der Waals surface area (Å²) < 4.78 is 0. The van der Waals surface area contributed by atoms with Gasteiger partial charge < -0.3 is 20.4 Å². The van der Waals surface area contributed by atoms with Crippen molar-refractivity contribution < 1.29 is 9.59 Å². The Balaban J connectivity index is 1.18. The maximum atomic E-state index is 13.1. The molecule has 3 amide bonds. The van der Waals surface area contributed by atoms with E-state index >= 15 is 0 Å². The second-order valence-corrected chi connectivity index (χ2v) is 12.0. The summed E-state index contributed by atoms with van der Waals surface area (Å²) in [5.41, 5.74) is 4.06. The molecule has 43 heavy (non-hydrogen) atoms. The Bertz CT molecular complexity index is 1540. The number of urea groups is 1. The Morgan fingerprint density at radius 2 is 1.72 bits per heavy atom. The summed E-state index contributed by atoms with van der Waals surface area (Å²) in [5, 5.41) is 6.93. The van der Waals surface area contributed by atoms with E-state index in [9.17, 15) is 9.59 Å². The molecule has 1 aliphatic heterocycles. The van der Waals surface area contributed by atoms with Gasteiger partial charge in [-0.3, -0.25) is 4.79 Å². The first kappa shape index (κ1) is 30.4. The van der Waals surface area contributed by atoms with Crippen LogP contribution in [-0.2, 0) is 11.2 Å². The summed E-state index contributed by atoms with van der Waals surface area (Å²) in [6, 6.07) is 29.3. The number of hydrogen-bond donors (Lipinski definition) is 2. The molecule has 222 valence electrons. The Labute approximate surface area is 261 Å². The third-order valence-electron chi connectivity index (χ3n) is 7.29. The third kappa shape index (κ3) is 8.49. The maximum absolute atomic E-state index is 13.1. The van der Waals surface area contributed by atoms with E-state index in [0.717, 1.165) is 22.4 Å². The molecule has 4 aromatic rings. The number of carbonyl (C=O) groups excluding carboxylic acids is 2. The molecule has 1 aromatic heterocycles. The number of nitrogens with zero attached hydrogens (tertiary/aromatic N) is 4. The number of anilines is 2. The van der Waals surface area contributed by atoms with Crippen LogP contribution in [-0.4, -0.2) is 58.2 Å². The van der Waals surface area contributed by atoms with E-state index in [-0.39, 0.29) is 29.8 Å². The Kier molecular flexibility index (Phi) is 10.2. The number of nitrogens with one attached hydrogen (secondary N) is 2. The van der Waals surface area contributed by atoms with Crippen LogP contribution in [0.2, 0.25) is 5.15 Å². The first-order chi connectivity index (χ1) is 20.8. The van der Waals surface area contributed by atoms with Crippen LogP contribution in [0.3, 0.4) is 0 Å². The molecule has 1 fully saturated rings. The van der Waals surface area contributed by atoms with E-state index in [0.29, 0.717) is 42.2 Å². The van der Waals surface area contributed by atoms with E-state index < -0.39 is 0 Å². The van der Waals surface area contributed by atoms with Crippen molar-refractivity contribution >= 4 is 46.8 Å². The number of carbonyl (C=O) groups is 2. The summed E-state index contributed by atoms with van der Waals surface area (Å²) in [6.45, 7) is 5.74. The van der Waals surface area contributed by atoms with Gasteiger partial charge in [0.1, 0.15) is 11.0 Å². The first-order valence-electron chi connectivity index (χ1n) is 14.3. The average Bonchev–Trinajstić information content (AvgIpc) is 3.00. The highest BCUT2D eigenvalue weighted by molar-refractivity contribution is 7.99. The third-order valence-corrected chi connectivity index (χ3v) is 8.34. The minimum Gasteiger partial charge on any atom is -0.353 e. The van der Waals surface area contributed by atoms with Gasteiger partial charge in [-0.25, -0.2) is 14.8 Å². The fourth-order valence-corrected chi connectivity index (χ4v) is 6.04. The second kappa shape index (κ2) is 14.4. The van der Waals surface area contributed by atoms with Gasteiger partial charge in [-0.2, -0.15) is 0 Å². The van der Waals surface area contributed by atoms with E-state index in [1.807, 2.05) is 91.5 Å². The molecular formula is C33H35ClN6O2S. The van der Waals surface area contributed by atoms with E-state index in [1.165, 1.54) is 11.8 Å². The van der Waals surface area contributed by atoms with Crippen LogP contribution in [0.1, 0.15) is 29.7 Å². The Morgan fingerprint density at radius 3 is 2.44 bits per heavy atom. The minimum absolute atomic E-state index is 0.0475. The van der Waals surface area contributed by atoms with E-state index in [2.05, 4.69) is 32.7 Å². The number of aryl methyl sites for hydroxylation is 1. The zero-order chi connectivity index (χ0) is 30.2. The standard InChI is InChI=1S/C33H35ClN6O2S/c1-23-10-9-15-27(18-23)35-33(42)40-17-16-39(21-24(40)2)30-20-29(34)37-32(38-30)43-22-31(41)36-28(26-13-7-4-8-14-26)19-25-11-5-3-6-12-25/h3-15,18,20,24,28H,16-17,19,21-22H2,1-2H3,(H,35,42)(H,36,41). The van der Waals surface area contributed by atoms with Gasteiger partial charge in [0.15, 0.2) is 5.16 Å². The molecule has 2 atom stereocenters. The number of halogens is 1. The molecule has 2 heterocycles. The molecule has 0 radical (unpaired) electrons. The smallest absolute Gasteiger partial charge is 0.322 e. The molecule has 2 N–H and O–H groups in total. The monoisotopic (exact) mass is 614 g/mol. The van der Waals surface area contributed by atoms with Crippen molar-refractivity contribution in [1.29, 1.82) is 0 Å². The van der Waals surface area contributed by atoms with Gasteiger partial charge in [0.05, 0.1) is 11.8 Å². The molecular weight excluding hydrogens is 580 g/mol. The molecule has 1 aliphatic rings. The zero-order valence-electron chi connectivity index (χ0n) is 24.2. The minimum atomic E-state index is -0.159. The second-order valence-electron chi connectivity index (χ2n) is 10.6. The fourth-order valence-electron chi connectivity index (χ4n) is 5.15. The summed E-state index contributed by atoms with van der Waals surface area (Å²) in [5.74, 6) is 0.725. The molecule has 2 unspecified atom stereocenters. The Hall–Kier alpha value is -4.08. The zero-order valence-corrected chi connectivity index (χ0v) is 25.8. The van der Waals surface area contributed by atoms with Gasteiger partial charge in [0.2, 0.25) is 5.91 Å². The number of amides is 3.